The third-order valence-corrected chi connectivity index (χ3v) is 7.02. The molecule has 0 unspecified atom stereocenters. The van der Waals surface area contributed by atoms with Crippen LogP contribution in [0.5, 0.6) is 0 Å². The molecule has 9 heteroatoms. The highest BCUT2D eigenvalue weighted by Gasteiger charge is 2.26. The fraction of sp³-hybridized carbons (Fsp3) is 0.300. The van der Waals surface area contributed by atoms with Crippen molar-refractivity contribution in [2.75, 3.05) is 42.6 Å². The standard InChI is InChI=1S/C20H24N6O2S/c1-2-29(27,28)26-12-10-25(11-13-26)18-14-22-20(21)19(24-18)17-9-8-16(23-17)15-6-4-3-5-7-15/h3-9,14,23H,2,10-13H2,1H3,(H2,21,22). The van der Waals surface area contributed by atoms with Crippen molar-refractivity contribution < 1.29 is 8.42 Å². The zero-order valence-electron chi connectivity index (χ0n) is 16.2. The Kier molecular flexibility index (Phi) is 5.25. The van der Waals surface area contributed by atoms with Crippen molar-refractivity contribution in [1.29, 1.82) is 0 Å². The number of anilines is 2. The van der Waals surface area contributed by atoms with Gasteiger partial charge in [0, 0.05) is 31.9 Å². The Labute approximate surface area is 170 Å². The average molecular weight is 413 g/mol. The van der Waals surface area contributed by atoms with Crippen molar-refractivity contribution >= 4 is 21.7 Å². The van der Waals surface area contributed by atoms with Crippen LogP contribution in [0.3, 0.4) is 0 Å². The van der Waals surface area contributed by atoms with E-state index < -0.39 is 10.0 Å². The van der Waals surface area contributed by atoms with Crippen LogP contribution in [0.1, 0.15) is 6.92 Å². The van der Waals surface area contributed by atoms with Gasteiger partial charge in [-0.25, -0.2) is 18.4 Å². The molecule has 1 aliphatic rings. The van der Waals surface area contributed by atoms with Crippen LogP contribution < -0.4 is 10.6 Å². The number of H-pyrrole nitrogens is 1. The molecular formula is C20H24N6O2S. The van der Waals surface area contributed by atoms with Gasteiger partial charge in [0.1, 0.15) is 11.5 Å². The topological polar surface area (TPSA) is 108 Å². The molecule has 1 aliphatic heterocycles. The number of piperazine rings is 1. The molecule has 2 aromatic heterocycles. The van der Waals surface area contributed by atoms with Crippen molar-refractivity contribution in [3.63, 3.8) is 0 Å². The van der Waals surface area contributed by atoms with Crippen LogP contribution in [0.25, 0.3) is 22.6 Å². The molecule has 0 radical (unpaired) electrons. The maximum absolute atomic E-state index is 12.1. The van der Waals surface area contributed by atoms with Crippen LogP contribution in [0.4, 0.5) is 11.6 Å². The second-order valence-electron chi connectivity index (χ2n) is 6.90. The van der Waals surface area contributed by atoms with Crippen LogP contribution in [-0.2, 0) is 10.0 Å². The van der Waals surface area contributed by atoms with Crippen LogP contribution in [-0.4, -0.2) is 59.6 Å². The second-order valence-corrected chi connectivity index (χ2v) is 9.16. The first kappa shape index (κ1) is 19.4. The fourth-order valence-electron chi connectivity index (χ4n) is 3.44. The summed E-state index contributed by atoms with van der Waals surface area (Å²) in [5.74, 6) is 1.16. The number of nitrogens with one attached hydrogen (secondary N) is 1. The molecule has 29 heavy (non-hydrogen) atoms. The number of hydrogen-bond donors (Lipinski definition) is 2. The second kappa shape index (κ2) is 7.84. The summed E-state index contributed by atoms with van der Waals surface area (Å²) in [7, 11) is -3.16. The molecule has 4 rings (SSSR count). The van der Waals surface area contributed by atoms with Crippen molar-refractivity contribution in [3.8, 4) is 22.6 Å². The van der Waals surface area contributed by atoms with E-state index >= 15 is 0 Å². The van der Waals surface area contributed by atoms with Crippen LogP contribution in [0.15, 0.2) is 48.7 Å². The van der Waals surface area contributed by atoms with E-state index in [1.54, 1.807) is 13.1 Å². The number of rotatable bonds is 5. The first-order chi connectivity index (χ1) is 14.0. The lowest BCUT2D eigenvalue weighted by atomic mass is 10.2. The van der Waals surface area contributed by atoms with E-state index in [0.717, 1.165) is 17.0 Å². The van der Waals surface area contributed by atoms with Gasteiger partial charge in [-0.1, -0.05) is 30.3 Å². The van der Waals surface area contributed by atoms with Gasteiger partial charge in [-0.2, -0.15) is 4.31 Å². The highest BCUT2D eigenvalue weighted by molar-refractivity contribution is 7.89. The molecule has 0 saturated carbocycles. The minimum Gasteiger partial charge on any atom is -0.382 e. The maximum Gasteiger partial charge on any atom is 0.213 e. The Balaban J connectivity index is 1.56. The Morgan fingerprint density at radius 1 is 1.03 bits per heavy atom. The van der Waals surface area contributed by atoms with E-state index in [1.165, 1.54) is 4.31 Å². The first-order valence-corrected chi connectivity index (χ1v) is 11.2. The number of nitrogens with zero attached hydrogens (tertiary/aromatic N) is 4. The number of hydrogen-bond acceptors (Lipinski definition) is 6. The van der Waals surface area contributed by atoms with E-state index in [2.05, 4.69) is 9.97 Å². The predicted molar refractivity (Wildman–Crippen MR) is 115 cm³/mol. The molecule has 0 amide bonds. The largest absolute Gasteiger partial charge is 0.382 e. The maximum atomic E-state index is 12.1. The number of sulfonamides is 1. The Morgan fingerprint density at radius 3 is 2.41 bits per heavy atom. The summed E-state index contributed by atoms with van der Waals surface area (Å²) in [6, 6.07) is 14.0. The monoisotopic (exact) mass is 412 g/mol. The average Bonchev–Trinajstić information content (AvgIpc) is 3.25. The van der Waals surface area contributed by atoms with E-state index in [-0.39, 0.29) is 5.75 Å². The summed E-state index contributed by atoms with van der Waals surface area (Å²) in [5.41, 5.74) is 9.54. The zero-order chi connectivity index (χ0) is 20.4. The van der Waals surface area contributed by atoms with Crippen molar-refractivity contribution in [2.24, 2.45) is 0 Å². The summed E-state index contributed by atoms with van der Waals surface area (Å²) < 4.78 is 25.7. The van der Waals surface area contributed by atoms with Crippen molar-refractivity contribution in [1.82, 2.24) is 19.3 Å². The lowest BCUT2D eigenvalue weighted by molar-refractivity contribution is 0.384. The Morgan fingerprint density at radius 2 is 1.72 bits per heavy atom. The molecule has 3 heterocycles. The number of nitrogen functional groups attached to an aromatic ring is 1. The van der Waals surface area contributed by atoms with Gasteiger partial charge in [0.05, 0.1) is 17.6 Å². The van der Waals surface area contributed by atoms with Crippen LogP contribution >= 0.6 is 0 Å². The number of aromatic amines is 1. The minimum absolute atomic E-state index is 0.120. The van der Waals surface area contributed by atoms with Crippen molar-refractivity contribution in [3.05, 3.63) is 48.7 Å². The molecule has 1 aromatic carbocycles. The summed E-state index contributed by atoms with van der Waals surface area (Å²) in [6.45, 7) is 3.68. The van der Waals surface area contributed by atoms with Crippen molar-refractivity contribution in [2.45, 2.75) is 6.92 Å². The summed E-state index contributed by atoms with van der Waals surface area (Å²) in [5, 5.41) is 0. The smallest absolute Gasteiger partial charge is 0.213 e. The van der Waals surface area contributed by atoms with Crippen LogP contribution in [0.2, 0.25) is 0 Å². The SMILES string of the molecule is CCS(=O)(=O)N1CCN(c2cnc(N)c(-c3ccc(-c4ccccc4)[nH]3)n2)CC1. The third kappa shape index (κ3) is 3.96. The molecule has 0 bridgehead atoms. The molecule has 0 aliphatic carbocycles. The summed E-state index contributed by atoms with van der Waals surface area (Å²) >= 11 is 0. The molecule has 152 valence electrons. The van der Waals surface area contributed by atoms with E-state index in [1.807, 2.05) is 47.4 Å². The van der Waals surface area contributed by atoms with Gasteiger partial charge in [0.25, 0.3) is 0 Å². The molecule has 0 atom stereocenters. The normalized spacial score (nSPS) is 15.6. The summed E-state index contributed by atoms with van der Waals surface area (Å²) in [4.78, 5) is 14.4. The van der Waals surface area contributed by atoms with Gasteiger partial charge in [-0.3, -0.25) is 0 Å². The van der Waals surface area contributed by atoms with E-state index in [0.29, 0.717) is 43.5 Å². The molecule has 0 spiro atoms. The number of nitrogens with two attached hydrogens (primary N) is 1. The van der Waals surface area contributed by atoms with E-state index in [4.69, 9.17) is 10.7 Å². The van der Waals surface area contributed by atoms with Gasteiger partial charge in [-0.15, -0.1) is 0 Å². The molecule has 1 fully saturated rings. The predicted octanol–water partition coefficient (Wildman–Crippen LogP) is 2.19. The Hall–Kier alpha value is -2.91. The van der Waals surface area contributed by atoms with Crippen LogP contribution in [0, 0.1) is 0 Å². The molecule has 8 nitrogen and oxygen atoms in total. The van der Waals surface area contributed by atoms with Gasteiger partial charge >= 0.3 is 0 Å². The quantitative estimate of drug-likeness (QED) is 0.665. The zero-order valence-corrected chi connectivity index (χ0v) is 17.1. The van der Waals surface area contributed by atoms with Gasteiger partial charge in [0.15, 0.2) is 5.82 Å². The minimum atomic E-state index is -3.16. The summed E-state index contributed by atoms with van der Waals surface area (Å²) in [6.07, 6.45) is 1.64. The van der Waals surface area contributed by atoms with Gasteiger partial charge < -0.3 is 15.6 Å². The number of benzene rings is 1. The van der Waals surface area contributed by atoms with E-state index in [9.17, 15) is 8.42 Å². The lowest BCUT2D eigenvalue weighted by Gasteiger charge is -2.34. The molecular weight excluding hydrogens is 388 g/mol. The Bertz CT molecular complexity index is 1090. The lowest BCUT2D eigenvalue weighted by Crippen LogP contribution is -2.49. The molecule has 1 saturated heterocycles. The first-order valence-electron chi connectivity index (χ1n) is 9.58. The molecule has 3 aromatic rings. The third-order valence-electron chi connectivity index (χ3n) is 5.13. The fourth-order valence-corrected chi connectivity index (χ4v) is 4.52. The highest BCUT2D eigenvalue weighted by atomic mass is 32.2. The molecule has 3 N–H and O–H groups in total. The van der Waals surface area contributed by atoms with Gasteiger partial charge in [0.2, 0.25) is 10.0 Å². The highest BCUT2D eigenvalue weighted by Crippen LogP contribution is 2.28. The number of aromatic nitrogens is 3. The van der Waals surface area contributed by atoms with Gasteiger partial charge in [-0.05, 0) is 24.6 Å².